The summed E-state index contributed by atoms with van der Waals surface area (Å²) in [6, 6.07) is 0. The van der Waals surface area contributed by atoms with E-state index in [1.165, 1.54) is 19.9 Å². The average molecular weight is 243 g/mol. The molecule has 0 saturated carbocycles. The zero-order valence-electron chi connectivity index (χ0n) is 9.97. The lowest BCUT2D eigenvalue weighted by atomic mass is 9.97. The molecule has 0 bridgehead atoms. The first-order valence-electron chi connectivity index (χ1n) is 5.26. The summed E-state index contributed by atoms with van der Waals surface area (Å²) in [6.07, 6.45) is -0.0439. The van der Waals surface area contributed by atoms with E-state index in [9.17, 15) is 14.7 Å². The van der Waals surface area contributed by atoms with Crippen LogP contribution >= 0.6 is 0 Å². The fourth-order valence-electron chi connectivity index (χ4n) is 1.61. The summed E-state index contributed by atoms with van der Waals surface area (Å²) >= 11 is 0. The molecule has 1 aliphatic heterocycles. The molecule has 0 aliphatic carbocycles. The van der Waals surface area contributed by atoms with Crippen molar-refractivity contribution in [2.45, 2.75) is 33.0 Å². The number of rotatable bonds is 3. The highest BCUT2D eigenvalue weighted by Gasteiger charge is 2.30. The van der Waals surface area contributed by atoms with Crippen molar-refractivity contribution < 1.29 is 28.9 Å². The molecule has 17 heavy (non-hydrogen) atoms. The molecular formula is C11H15O6-. The van der Waals surface area contributed by atoms with Crippen molar-refractivity contribution in [2.24, 2.45) is 5.92 Å². The fraction of sp³-hybridized carbons (Fsp3) is 0.636. The van der Waals surface area contributed by atoms with Gasteiger partial charge in [-0.05, 0) is 0 Å². The summed E-state index contributed by atoms with van der Waals surface area (Å²) in [7, 11) is 0. The summed E-state index contributed by atoms with van der Waals surface area (Å²) < 4.78 is 14.8. The molecule has 1 rings (SSSR count). The van der Waals surface area contributed by atoms with Gasteiger partial charge in [0.1, 0.15) is 12.7 Å². The first kappa shape index (κ1) is 13.3. The second-order valence-corrected chi connectivity index (χ2v) is 3.88. The van der Waals surface area contributed by atoms with Gasteiger partial charge >= 0.3 is 11.9 Å². The number of esters is 2. The van der Waals surface area contributed by atoms with Gasteiger partial charge in [0.15, 0.2) is 0 Å². The van der Waals surface area contributed by atoms with Crippen molar-refractivity contribution in [3.05, 3.63) is 12.0 Å². The lowest BCUT2D eigenvalue weighted by Crippen LogP contribution is -2.45. The van der Waals surface area contributed by atoms with Gasteiger partial charge in [0.25, 0.3) is 0 Å². The van der Waals surface area contributed by atoms with E-state index in [-0.39, 0.29) is 12.5 Å². The molecule has 1 heterocycles. The molecule has 6 nitrogen and oxygen atoms in total. The minimum Gasteiger partial charge on any atom is -0.603 e. The van der Waals surface area contributed by atoms with Crippen LogP contribution in [0.1, 0.15) is 20.8 Å². The molecule has 0 amide bonds. The second kappa shape index (κ2) is 5.56. The van der Waals surface area contributed by atoms with E-state index in [0.717, 1.165) is 0 Å². The Morgan fingerprint density at radius 3 is 2.59 bits per heavy atom. The predicted molar refractivity (Wildman–Crippen MR) is 54.3 cm³/mol. The Balaban J connectivity index is 2.71. The predicted octanol–water partition coefficient (Wildman–Crippen LogP) is -0.282. The van der Waals surface area contributed by atoms with Crippen LogP contribution in [0, 0.1) is 5.92 Å². The van der Waals surface area contributed by atoms with E-state index < -0.39 is 30.1 Å². The molecule has 0 radical (unpaired) electrons. The highest BCUT2D eigenvalue weighted by atomic mass is 16.6. The molecule has 1 unspecified atom stereocenters. The molecule has 0 saturated heterocycles. The summed E-state index contributed by atoms with van der Waals surface area (Å²) in [5, 5.41) is 11.2. The van der Waals surface area contributed by atoms with Crippen LogP contribution in [-0.4, -0.2) is 30.8 Å². The van der Waals surface area contributed by atoms with Crippen LogP contribution in [0.15, 0.2) is 12.0 Å². The third kappa shape index (κ3) is 3.97. The molecule has 0 aromatic rings. The van der Waals surface area contributed by atoms with Crippen molar-refractivity contribution in [3.8, 4) is 0 Å². The number of hydrogen-bond acceptors (Lipinski definition) is 6. The van der Waals surface area contributed by atoms with Gasteiger partial charge in [-0.3, -0.25) is 9.59 Å². The molecule has 3 atom stereocenters. The molecule has 0 N–H and O–H groups in total. The number of carbonyl (C=O) groups excluding carboxylic acids is 2. The van der Waals surface area contributed by atoms with Crippen molar-refractivity contribution >= 4 is 11.9 Å². The van der Waals surface area contributed by atoms with Gasteiger partial charge < -0.3 is 19.3 Å². The molecular weight excluding hydrogens is 228 g/mol. The van der Waals surface area contributed by atoms with E-state index in [0.29, 0.717) is 0 Å². The molecule has 96 valence electrons. The van der Waals surface area contributed by atoms with Gasteiger partial charge in [-0.15, -0.1) is 0 Å². The Hall–Kier alpha value is -1.72. The molecule has 0 fully saturated rings. The summed E-state index contributed by atoms with van der Waals surface area (Å²) in [5.74, 6) is -1.73. The van der Waals surface area contributed by atoms with E-state index in [1.54, 1.807) is 6.92 Å². The van der Waals surface area contributed by atoms with Crippen LogP contribution in [0.2, 0.25) is 0 Å². The Bertz CT molecular complexity index is 335. The molecule has 1 aliphatic rings. The van der Waals surface area contributed by atoms with Gasteiger partial charge in [-0.1, -0.05) is 13.0 Å². The third-order valence-corrected chi connectivity index (χ3v) is 2.30. The maximum absolute atomic E-state index is 11.2. The van der Waals surface area contributed by atoms with Crippen molar-refractivity contribution in [1.82, 2.24) is 0 Å². The highest BCUT2D eigenvalue weighted by molar-refractivity contribution is 5.66. The summed E-state index contributed by atoms with van der Waals surface area (Å²) in [5.41, 5.74) is 0. The molecule has 6 heteroatoms. The van der Waals surface area contributed by atoms with Crippen molar-refractivity contribution in [3.63, 3.8) is 0 Å². The number of carbonyl (C=O) groups is 2. The second-order valence-electron chi connectivity index (χ2n) is 3.88. The number of hydrogen-bond donors (Lipinski definition) is 0. The quantitative estimate of drug-likeness (QED) is 0.634. The van der Waals surface area contributed by atoms with Crippen LogP contribution in [0.4, 0.5) is 0 Å². The van der Waals surface area contributed by atoms with Crippen LogP contribution in [0.3, 0.4) is 0 Å². The van der Waals surface area contributed by atoms with Crippen molar-refractivity contribution in [1.29, 1.82) is 0 Å². The highest BCUT2D eigenvalue weighted by Crippen LogP contribution is 2.23. The van der Waals surface area contributed by atoms with Gasteiger partial charge in [0, 0.05) is 25.7 Å². The Morgan fingerprint density at radius 2 is 2.06 bits per heavy atom. The Morgan fingerprint density at radius 1 is 1.41 bits per heavy atom. The zero-order chi connectivity index (χ0) is 13.0. The maximum atomic E-state index is 11.2. The Kier molecular flexibility index (Phi) is 4.37. The average Bonchev–Trinajstić information content (AvgIpc) is 2.18. The standard InChI is InChI=1S/C11H16O6/c1-6-4-10(14)17-9(5-15-7(2)12)11(6)16-8(3)13/h4,6,9,11,14H,5H2,1-3H3/p-1/t6?,9-,11+/m1/s1. The molecule has 0 aromatic carbocycles. The minimum atomic E-state index is -0.754. The monoisotopic (exact) mass is 243 g/mol. The van der Waals surface area contributed by atoms with Crippen LogP contribution in [0.5, 0.6) is 0 Å². The first-order valence-corrected chi connectivity index (χ1v) is 5.26. The fourth-order valence-corrected chi connectivity index (χ4v) is 1.61. The van der Waals surface area contributed by atoms with Gasteiger partial charge in [0.2, 0.25) is 0 Å². The summed E-state index contributed by atoms with van der Waals surface area (Å²) in [6.45, 7) is 4.14. The largest absolute Gasteiger partial charge is 0.603 e. The molecule has 0 spiro atoms. The SMILES string of the molecule is CC(=O)OC[C@H]1OC([O-])=CC(C)[C@@H]1OC(C)=O. The first-order chi connectivity index (χ1) is 7.90. The topological polar surface area (TPSA) is 84.9 Å². The smallest absolute Gasteiger partial charge is 0.302 e. The van der Waals surface area contributed by atoms with Gasteiger partial charge in [-0.2, -0.15) is 0 Å². The minimum absolute atomic E-state index is 0.114. The van der Waals surface area contributed by atoms with E-state index in [4.69, 9.17) is 14.2 Å². The normalized spacial score (nSPS) is 27.7. The van der Waals surface area contributed by atoms with E-state index >= 15 is 0 Å². The number of ether oxygens (including phenoxy) is 3. The lowest BCUT2D eigenvalue weighted by Gasteiger charge is -2.39. The third-order valence-electron chi connectivity index (χ3n) is 2.30. The van der Waals surface area contributed by atoms with E-state index in [1.807, 2.05) is 0 Å². The summed E-state index contributed by atoms with van der Waals surface area (Å²) in [4.78, 5) is 21.6. The van der Waals surface area contributed by atoms with Gasteiger partial charge in [0.05, 0.1) is 6.10 Å². The zero-order valence-corrected chi connectivity index (χ0v) is 9.97. The van der Waals surface area contributed by atoms with Crippen LogP contribution < -0.4 is 5.11 Å². The van der Waals surface area contributed by atoms with Gasteiger partial charge in [-0.25, -0.2) is 0 Å². The molecule has 0 aromatic heterocycles. The van der Waals surface area contributed by atoms with Crippen molar-refractivity contribution in [2.75, 3.05) is 6.61 Å². The van der Waals surface area contributed by atoms with Crippen LogP contribution in [0.25, 0.3) is 0 Å². The lowest BCUT2D eigenvalue weighted by molar-refractivity contribution is -0.373. The maximum Gasteiger partial charge on any atom is 0.302 e. The Labute approximate surface area is 99.2 Å². The van der Waals surface area contributed by atoms with Crippen LogP contribution in [-0.2, 0) is 23.8 Å². The van der Waals surface area contributed by atoms with E-state index in [2.05, 4.69) is 0 Å².